The molecule has 0 spiro atoms. The Labute approximate surface area is 608 Å². The van der Waals surface area contributed by atoms with Crippen molar-refractivity contribution in [1.82, 2.24) is 36.6 Å². The van der Waals surface area contributed by atoms with Crippen LogP contribution in [0.15, 0.2) is 174 Å². The maximum atomic E-state index is 15.0. The molecule has 6 aromatic carbocycles. The number of likely N-dealkylation sites (N-methyl/N-ethyl adjacent to an activating group) is 1. The van der Waals surface area contributed by atoms with Crippen molar-refractivity contribution in [2.24, 2.45) is 20.4 Å². The highest BCUT2D eigenvalue weighted by Crippen LogP contribution is 2.46. The number of carbonyl (C=O) groups is 4. The Morgan fingerprint density at radius 2 is 0.924 bits per heavy atom. The van der Waals surface area contributed by atoms with Gasteiger partial charge in [0.2, 0.25) is 23.2 Å². The van der Waals surface area contributed by atoms with Crippen LogP contribution < -0.4 is 74.0 Å². The van der Waals surface area contributed by atoms with Gasteiger partial charge in [0.1, 0.15) is 28.2 Å². The third-order valence-electron chi connectivity index (χ3n) is 14.9. The van der Waals surface area contributed by atoms with E-state index in [2.05, 4.69) is 52.1 Å². The SMILES string of the molecule is CC(C)=C(Cl)N(C)C.CCc1cccc(F)c1C1=NNC(C(C)=O)=NN1.COc1ccc(-c2ocnc2-c2cc(OC)c(OC)c(OC)c2)cc1O/C=C/C(=O)N(C)c1cccc(F)c1C1=NNC(C(C)=O)=NN1.COc1ccc(-c2ocnc2-c2cc(OC)c(OC)c(OC)c2)cc1O/C=C/C(=O)O. The average Bonchev–Trinajstić information content (AvgIpc) is 1.79. The summed E-state index contributed by atoms with van der Waals surface area (Å²) in [6, 6.07) is 26.3. The number of aliphatic carboxylic acids is 1. The molecule has 10 rings (SSSR count). The van der Waals surface area contributed by atoms with Crippen molar-refractivity contribution in [1.29, 1.82) is 0 Å². The molecule has 5 N–H and O–H groups in total. The van der Waals surface area contributed by atoms with E-state index in [0.717, 1.165) is 34.7 Å². The number of carbonyl (C=O) groups excluding carboxylic acids is 3. The number of nitrogens with zero attached hydrogens (tertiary/aromatic N) is 8. The molecule has 0 bridgehead atoms. The first kappa shape index (κ1) is 79.4. The van der Waals surface area contributed by atoms with Crippen molar-refractivity contribution in [3.63, 3.8) is 0 Å². The molecule has 0 saturated carbocycles. The Bertz CT molecular complexity index is 4650. The number of benzene rings is 6. The lowest BCUT2D eigenvalue weighted by atomic mass is 10.0. The van der Waals surface area contributed by atoms with E-state index in [1.54, 1.807) is 66.7 Å². The summed E-state index contributed by atoms with van der Waals surface area (Å²) in [6.07, 6.45) is 7.59. The fourth-order valence-electron chi connectivity index (χ4n) is 9.81. The van der Waals surface area contributed by atoms with Crippen molar-refractivity contribution >= 4 is 64.1 Å². The number of allylic oxidation sites excluding steroid dienone is 1. The molecule has 2 aliphatic rings. The maximum Gasteiger partial charge on any atom is 0.331 e. The van der Waals surface area contributed by atoms with Gasteiger partial charge in [0.25, 0.3) is 5.91 Å². The normalized spacial score (nSPS) is 11.9. The summed E-state index contributed by atoms with van der Waals surface area (Å²) < 4.78 is 94.8. The van der Waals surface area contributed by atoms with E-state index < -0.39 is 17.7 Å². The second-order valence-electron chi connectivity index (χ2n) is 22.0. The predicted octanol–water partition coefficient (Wildman–Crippen LogP) is 11.7. The fraction of sp³-hybridized carbons (Fsp3) is 0.233. The minimum absolute atomic E-state index is 0.0205. The Hall–Kier alpha value is -12.9. The number of hydrogen-bond donors (Lipinski definition) is 5. The number of hydrogen-bond acceptors (Lipinski definition) is 27. The summed E-state index contributed by atoms with van der Waals surface area (Å²) in [5.74, 6) is 2.00. The van der Waals surface area contributed by atoms with E-state index in [0.29, 0.717) is 109 Å². The summed E-state index contributed by atoms with van der Waals surface area (Å²) in [7, 11) is 17.4. The van der Waals surface area contributed by atoms with Crippen molar-refractivity contribution < 1.29 is 89.3 Å². The van der Waals surface area contributed by atoms with Crippen LogP contribution in [0.2, 0.25) is 0 Å². The number of ketones is 2. The van der Waals surface area contributed by atoms with Gasteiger partial charge in [-0.1, -0.05) is 36.7 Å². The minimum atomic E-state index is -1.13. The Morgan fingerprint density at radius 1 is 0.514 bits per heavy atom. The first-order valence-corrected chi connectivity index (χ1v) is 31.7. The van der Waals surface area contributed by atoms with Crippen LogP contribution in [0.5, 0.6) is 57.5 Å². The van der Waals surface area contributed by atoms with Crippen LogP contribution in [0.3, 0.4) is 0 Å². The predicted molar refractivity (Wildman–Crippen MR) is 390 cm³/mol. The van der Waals surface area contributed by atoms with E-state index in [4.69, 9.17) is 72.9 Å². The number of amides is 1. The minimum Gasteiger partial charge on any atom is -0.493 e. The number of anilines is 1. The molecule has 1 amide bonds. The third kappa shape index (κ3) is 19.8. The van der Waals surface area contributed by atoms with Crippen LogP contribution in [0.4, 0.5) is 14.5 Å². The molecule has 105 heavy (non-hydrogen) atoms. The standard InChI is InChI=1S/C33H31FN6O8.C22H21NO8.C12H13FN4O.C6H12ClN/c1-18(41)32-36-38-33(39-37-32)28-21(34)8-7-9-22(28)40(2)27(42)12-13-47-24-14-19(10-11-23(24)43-3)30-29(35-17-48-30)20-15-25(44-4)31(46-6)26(16-20)45-5;1-26-15-6-5-13(9-16(15)30-8-7-19(24)25)21-20(23-12-31-21)14-10-17(27-2)22(29-4)18(11-14)28-3;1-3-8-5-4-6-9(13)10(8)12-16-14-11(7(2)18)15-17-12;1-5(2)6(7)8(3)4/h7-17H,1-6H3,(H,36,37)(H,38,39);5-12H,1-4H3,(H,24,25);4-6H,3H2,1-2H3,(H,14,15)(H,16,17);1-4H3/b13-12+;8-7+;;. The maximum absolute atomic E-state index is 15.0. The van der Waals surface area contributed by atoms with Gasteiger partial charge in [-0.2, -0.15) is 20.4 Å². The van der Waals surface area contributed by atoms with Gasteiger partial charge in [-0.15, -0.1) is 0 Å². The number of carboxylic acid groups (broad SMARTS) is 1. The number of Topliss-reactive ketones (excluding diaryl/α,β-unsaturated/α-hetero) is 2. The van der Waals surface area contributed by atoms with Crippen molar-refractivity contribution in [2.45, 2.75) is 41.0 Å². The smallest absolute Gasteiger partial charge is 0.331 e. The number of aryl methyl sites for hydroxylation is 1. The number of methoxy groups -OCH3 is 8. The van der Waals surface area contributed by atoms with Gasteiger partial charge in [-0.05, 0) is 110 Å². The Kier molecular flexibility index (Phi) is 28.5. The molecule has 0 unspecified atom stereocenters. The number of halogens is 3. The number of amidine groups is 4. The van der Waals surface area contributed by atoms with Gasteiger partial charge < -0.3 is 71.1 Å². The summed E-state index contributed by atoms with van der Waals surface area (Å²) in [6.45, 7) is 8.58. The molecule has 0 atom stereocenters. The first-order chi connectivity index (χ1) is 50.4. The van der Waals surface area contributed by atoms with Crippen LogP contribution in [0.25, 0.3) is 45.2 Å². The second kappa shape index (κ2) is 37.7. The molecule has 8 aromatic rings. The van der Waals surface area contributed by atoms with E-state index in [1.165, 1.54) is 126 Å². The Balaban J connectivity index is 0.000000229. The number of aromatic nitrogens is 2. The fourth-order valence-corrected chi connectivity index (χ4v) is 9.81. The lowest BCUT2D eigenvalue weighted by Crippen LogP contribution is -2.38. The summed E-state index contributed by atoms with van der Waals surface area (Å²) >= 11 is 5.76. The molecule has 0 saturated heterocycles. The first-order valence-electron chi connectivity index (χ1n) is 31.4. The highest BCUT2D eigenvalue weighted by atomic mass is 35.5. The summed E-state index contributed by atoms with van der Waals surface area (Å²) in [4.78, 5) is 58.3. The number of oxazole rings is 2. The molecule has 32 heteroatoms. The molecule has 0 aliphatic carbocycles. The van der Waals surface area contributed by atoms with Crippen LogP contribution in [-0.2, 0) is 25.6 Å². The molecule has 2 aromatic heterocycles. The van der Waals surface area contributed by atoms with Gasteiger partial charge in [0, 0.05) is 63.3 Å². The van der Waals surface area contributed by atoms with Crippen LogP contribution >= 0.6 is 11.6 Å². The van der Waals surface area contributed by atoms with Crippen LogP contribution in [0, 0.1) is 11.6 Å². The molecule has 552 valence electrons. The quantitative estimate of drug-likeness (QED) is 0.0202. The van der Waals surface area contributed by atoms with Crippen molar-refractivity contribution in [3.05, 3.63) is 174 Å². The molecule has 2 aliphatic heterocycles. The molecule has 0 fully saturated rings. The van der Waals surface area contributed by atoms with Gasteiger partial charge in [0.05, 0.1) is 92.3 Å². The molecule has 4 heterocycles. The van der Waals surface area contributed by atoms with E-state index >= 15 is 0 Å². The summed E-state index contributed by atoms with van der Waals surface area (Å²) in [5.41, 5.74) is 16.2. The molecular formula is C73H77ClF2N12O17. The van der Waals surface area contributed by atoms with Gasteiger partial charge in [0.15, 0.2) is 93.5 Å². The zero-order valence-electron chi connectivity index (χ0n) is 60.1. The van der Waals surface area contributed by atoms with Gasteiger partial charge in [-0.3, -0.25) is 36.1 Å². The number of nitrogens with one attached hydrogen (secondary N) is 4. The average molecular weight is 1470 g/mol. The number of hydrazone groups is 4. The van der Waals surface area contributed by atoms with Crippen LogP contribution in [0.1, 0.15) is 51.3 Å². The summed E-state index contributed by atoms with van der Waals surface area (Å²) in [5, 5.41) is 25.2. The third-order valence-corrected chi connectivity index (χ3v) is 15.6. The number of carboxylic acids is 1. The van der Waals surface area contributed by atoms with Crippen molar-refractivity contribution in [3.8, 4) is 103 Å². The second-order valence-corrected chi connectivity index (χ2v) is 22.4. The lowest BCUT2D eigenvalue weighted by Gasteiger charge is -2.21. The number of rotatable bonds is 25. The highest BCUT2D eigenvalue weighted by molar-refractivity contribution is 6.39. The van der Waals surface area contributed by atoms with Crippen molar-refractivity contribution in [2.75, 3.05) is 82.9 Å². The van der Waals surface area contributed by atoms with Gasteiger partial charge >= 0.3 is 5.97 Å². The monoisotopic (exact) mass is 1470 g/mol. The van der Waals surface area contributed by atoms with E-state index in [-0.39, 0.29) is 57.7 Å². The van der Waals surface area contributed by atoms with Gasteiger partial charge in [-0.25, -0.2) is 23.5 Å². The zero-order valence-corrected chi connectivity index (χ0v) is 60.9. The Morgan fingerprint density at radius 3 is 1.29 bits per heavy atom. The topological polar surface area (TPSA) is 337 Å². The lowest BCUT2D eigenvalue weighted by molar-refractivity contribution is -0.131. The van der Waals surface area contributed by atoms with Crippen LogP contribution in [-0.4, -0.2) is 145 Å². The number of ether oxygens (including phenoxy) is 10. The van der Waals surface area contributed by atoms with E-state index in [9.17, 15) is 28.0 Å². The largest absolute Gasteiger partial charge is 0.493 e. The zero-order chi connectivity index (χ0) is 76.6. The molecule has 0 radical (unpaired) electrons. The molecule has 29 nitrogen and oxygen atoms in total. The van der Waals surface area contributed by atoms with E-state index in [1.807, 2.05) is 45.8 Å². The molecular weight excluding hydrogens is 1390 g/mol. The highest BCUT2D eigenvalue weighted by Gasteiger charge is 2.26.